The van der Waals surface area contributed by atoms with Crippen molar-refractivity contribution in [3.63, 3.8) is 0 Å². The Bertz CT molecular complexity index is 4610. The van der Waals surface area contributed by atoms with Crippen molar-refractivity contribution in [2.45, 2.75) is 20.8 Å². The Kier molecular flexibility index (Phi) is 10.5. The maximum Gasteiger partial charge on any atom is 0.160 e. The third-order valence-corrected chi connectivity index (χ3v) is 15.9. The molecule has 0 amide bonds. The first-order valence-corrected chi connectivity index (χ1v) is 26.8. The van der Waals surface area contributed by atoms with Crippen molar-refractivity contribution in [1.82, 2.24) is 23.7 Å². The lowest BCUT2D eigenvalue weighted by atomic mass is 9.96. The first kappa shape index (κ1) is 45.3. The van der Waals surface area contributed by atoms with E-state index in [-0.39, 0.29) is 0 Å². The van der Waals surface area contributed by atoms with Crippen LogP contribution in [-0.2, 0) is 0 Å². The second-order valence-corrected chi connectivity index (χ2v) is 20.8. The maximum absolute atomic E-state index is 5.11. The van der Waals surface area contributed by atoms with Crippen LogP contribution >= 0.6 is 0 Å². The van der Waals surface area contributed by atoms with Crippen molar-refractivity contribution >= 4 is 65.4 Å². The Morgan fingerprint density at radius 3 is 1.19 bits per heavy atom. The second kappa shape index (κ2) is 18.0. The minimum absolute atomic E-state index is 0.717. The van der Waals surface area contributed by atoms with Crippen LogP contribution in [0.15, 0.2) is 255 Å². The van der Waals surface area contributed by atoms with Gasteiger partial charge in [0.15, 0.2) is 5.82 Å². The van der Waals surface area contributed by atoms with E-state index in [1.165, 1.54) is 76.6 Å². The molecule has 0 aliphatic heterocycles. The van der Waals surface area contributed by atoms with E-state index in [0.29, 0.717) is 5.82 Å². The molecule has 78 heavy (non-hydrogen) atoms. The van der Waals surface area contributed by atoms with E-state index in [9.17, 15) is 0 Å². The van der Waals surface area contributed by atoms with Crippen LogP contribution in [0.1, 0.15) is 16.7 Å². The van der Waals surface area contributed by atoms with E-state index in [1.807, 2.05) is 24.3 Å². The lowest BCUT2D eigenvalue weighted by molar-refractivity contribution is 1.16. The van der Waals surface area contributed by atoms with Crippen LogP contribution in [0.25, 0.3) is 139 Å². The fourth-order valence-electron chi connectivity index (χ4n) is 12.1. The summed E-state index contributed by atoms with van der Waals surface area (Å²) in [5, 5.41) is 7.46. The topological polar surface area (TPSA) is 40.6 Å². The highest BCUT2D eigenvalue weighted by Gasteiger charge is 2.20. The molecule has 0 saturated heterocycles. The predicted molar refractivity (Wildman–Crippen MR) is 326 cm³/mol. The van der Waals surface area contributed by atoms with Gasteiger partial charge < -0.3 is 13.7 Å². The summed E-state index contributed by atoms with van der Waals surface area (Å²) in [5.41, 5.74) is 23.8. The Hall–Kier alpha value is -10.1. The molecule has 15 rings (SSSR count). The van der Waals surface area contributed by atoms with Crippen molar-refractivity contribution in [3.05, 3.63) is 271 Å². The van der Waals surface area contributed by atoms with Gasteiger partial charge in [-0.15, -0.1) is 0 Å². The zero-order chi connectivity index (χ0) is 52.0. The normalized spacial score (nSPS) is 11.8. The molecule has 0 saturated carbocycles. The molecule has 0 unspecified atom stereocenters. The van der Waals surface area contributed by atoms with E-state index in [1.54, 1.807) is 0 Å². The standard InChI is InChI=1S/C73H51N5/c1-46-22-36-69-61(40-46)59-18-10-12-20-67(59)77(69)56-33-38-71-63(43-56)64-44-57(78-68-21-13-11-19-60(68)62-41-47(2)23-37-70(62)78)34-39-72(64)76(71)55-31-28-50(29-32-55)49-24-26-51(27-25-49)54-30-35-58(48(3)42-54)66-45-65(52-14-6-4-7-15-52)74-73(75-66)53-16-8-5-9-17-53/h4-45H,1-3H3. The van der Waals surface area contributed by atoms with Gasteiger partial charge >= 0.3 is 0 Å². The number of para-hydroxylation sites is 2. The van der Waals surface area contributed by atoms with E-state index in [4.69, 9.17) is 9.97 Å². The fourth-order valence-corrected chi connectivity index (χ4v) is 12.1. The molecule has 15 aromatic rings. The van der Waals surface area contributed by atoms with E-state index in [0.717, 1.165) is 72.9 Å². The summed E-state index contributed by atoms with van der Waals surface area (Å²) in [6.07, 6.45) is 0. The zero-order valence-electron chi connectivity index (χ0n) is 43.5. The maximum atomic E-state index is 5.11. The number of aryl methyl sites for hydroxylation is 3. The van der Waals surface area contributed by atoms with Gasteiger partial charge in [-0.3, -0.25) is 0 Å². The average Bonchev–Trinajstić information content (AvgIpc) is 4.16. The Balaban J connectivity index is 0.802. The van der Waals surface area contributed by atoms with Crippen LogP contribution in [0.2, 0.25) is 0 Å². The van der Waals surface area contributed by atoms with Crippen molar-refractivity contribution in [1.29, 1.82) is 0 Å². The molecular weight excluding hydrogens is 947 g/mol. The molecule has 0 atom stereocenters. The Morgan fingerprint density at radius 2 is 0.654 bits per heavy atom. The summed E-state index contributed by atoms with van der Waals surface area (Å²) in [6, 6.07) is 92.7. The molecule has 368 valence electrons. The molecule has 0 fully saturated rings. The molecule has 5 nitrogen and oxygen atoms in total. The first-order chi connectivity index (χ1) is 38.4. The summed E-state index contributed by atoms with van der Waals surface area (Å²) < 4.78 is 7.31. The highest BCUT2D eigenvalue weighted by atomic mass is 15.0. The van der Waals surface area contributed by atoms with Gasteiger partial charge in [0.2, 0.25) is 0 Å². The fraction of sp³-hybridized carbons (Fsp3) is 0.0411. The minimum Gasteiger partial charge on any atom is -0.309 e. The second-order valence-electron chi connectivity index (χ2n) is 20.8. The van der Waals surface area contributed by atoms with Crippen LogP contribution in [0.5, 0.6) is 0 Å². The number of rotatable bonds is 8. The molecule has 4 heterocycles. The third-order valence-electron chi connectivity index (χ3n) is 15.9. The van der Waals surface area contributed by atoms with E-state index in [2.05, 4.69) is 265 Å². The number of fused-ring (bicyclic) bond motifs is 9. The van der Waals surface area contributed by atoms with Crippen LogP contribution in [0.4, 0.5) is 0 Å². The van der Waals surface area contributed by atoms with Gasteiger partial charge in [0.05, 0.1) is 44.5 Å². The smallest absolute Gasteiger partial charge is 0.160 e. The van der Waals surface area contributed by atoms with Gasteiger partial charge in [-0.2, -0.15) is 0 Å². The van der Waals surface area contributed by atoms with E-state index >= 15 is 0 Å². The summed E-state index contributed by atoms with van der Waals surface area (Å²) in [4.78, 5) is 10.1. The van der Waals surface area contributed by atoms with Crippen LogP contribution in [-0.4, -0.2) is 23.7 Å². The van der Waals surface area contributed by atoms with Gasteiger partial charge in [-0.1, -0.05) is 175 Å². The zero-order valence-corrected chi connectivity index (χ0v) is 43.5. The van der Waals surface area contributed by atoms with Gasteiger partial charge in [0.25, 0.3) is 0 Å². The van der Waals surface area contributed by atoms with Crippen LogP contribution in [0.3, 0.4) is 0 Å². The van der Waals surface area contributed by atoms with Crippen molar-refractivity contribution < 1.29 is 0 Å². The molecule has 0 aliphatic carbocycles. The van der Waals surface area contributed by atoms with Crippen molar-refractivity contribution in [3.8, 4) is 73.2 Å². The summed E-state index contributed by atoms with van der Waals surface area (Å²) in [5.74, 6) is 0.717. The van der Waals surface area contributed by atoms with Gasteiger partial charge in [-0.05, 0) is 140 Å². The Labute approximate surface area is 452 Å². The van der Waals surface area contributed by atoms with Crippen molar-refractivity contribution in [2.24, 2.45) is 0 Å². The first-order valence-electron chi connectivity index (χ1n) is 26.8. The third kappa shape index (κ3) is 7.46. The number of hydrogen-bond donors (Lipinski definition) is 0. The number of aromatic nitrogens is 5. The highest BCUT2D eigenvalue weighted by molar-refractivity contribution is 6.14. The van der Waals surface area contributed by atoms with Gasteiger partial charge in [0, 0.05) is 66.1 Å². The molecular formula is C73H51N5. The molecule has 0 N–H and O–H groups in total. The lowest BCUT2D eigenvalue weighted by Crippen LogP contribution is -1.97. The summed E-state index contributed by atoms with van der Waals surface area (Å²) >= 11 is 0. The van der Waals surface area contributed by atoms with Crippen LogP contribution < -0.4 is 0 Å². The summed E-state index contributed by atoms with van der Waals surface area (Å²) in [7, 11) is 0. The number of nitrogens with zero attached hydrogens (tertiary/aromatic N) is 5. The molecule has 0 bridgehead atoms. The lowest BCUT2D eigenvalue weighted by Gasteiger charge is -2.13. The molecule has 5 heteroatoms. The minimum atomic E-state index is 0.717. The molecule has 0 spiro atoms. The number of hydrogen-bond acceptors (Lipinski definition) is 2. The quantitative estimate of drug-likeness (QED) is 0.152. The molecule has 0 radical (unpaired) electrons. The van der Waals surface area contributed by atoms with Gasteiger partial charge in [-0.25, -0.2) is 9.97 Å². The average molecular weight is 998 g/mol. The summed E-state index contributed by atoms with van der Waals surface area (Å²) in [6.45, 7) is 6.53. The largest absolute Gasteiger partial charge is 0.309 e. The monoisotopic (exact) mass is 997 g/mol. The van der Waals surface area contributed by atoms with Gasteiger partial charge in [0.1, 0.15) is 0 Å². The van der Waals surface area contributed by atoms with E-state index < -0.39 is 0 Å². The highest BCUT2D eigenvalue weighted by Crippen LogP contribution is 2.41. The Morgan fingerprint density at radius 1 is 0.256 bits per heavy atom. The van der Waals surface area contributed by atoms with Crippen LogP contribution in [0, 0.1) is 20.8 Å². The SMILES string of the molecule is Cc1ccc2c(c1)c1ccccc1n2-c1ccc2c(c1)c1cc(-n3c4ccccc4c4cc(C)ccc43)ccc1n2-c1ccc(-c2ccc(-c3ccc(-c4cc(-c5ccccc5)nc(-c5ccccc5)n4)c(C)c3)cc2)cc1. The molecule has 0 aliphatic rings. The molecule has 4 aromatic heterocycles. The van der Waals surface area contributed by atoms with Crippen molar-refractivity contribution in [2.75, 3.05) is 0 Å². The number of benzene rings is 11. The predicted octanol–water partition coefficient (Wildman–Crippen LogP) is 19.0. The molecule has 11 aromatic carbocycles.